The Morgan fingerprint density at radius 1 is 1.03 bits per heavy atom. The van der Waals surface area contributed by atoms with Crippen LogP contribution in [0.5, 0.6) is 0 Å². The molecule has 0 spiro atoms. The molecule has 0 saturated carbocycles. The number of hydrogen-bond acceptors (Lipinski definition) is 3. The second-order valence-corrected chi connectivity index (χ2v) is 10.2. The summed E-state index contributed by atoms with van der Waals surface area (Å²) in [5.74, 6) is -0.102. The average molecular weight is 561 g/mol. The number of carbonyl (C=O) groups is 1. The normalized spacial score (nSPS) is 17.2. The standard InChI is InChI=1S/C28H26BrN5OS/c1-17-16-24(18(2)33(17)22-11-7-20(29)8-12-22)27-26(25-6-4-5-15-30-25)32-28(36)34(27)23-13-9-21(10-14-23)31-19(3)35/h4-16,26-27H,1-3H3,(H,31,35)(H,32,36)/t26-,27+/m0/s1. The van der Waals surface area contributed by atoms with Crippen LogP contribution < -0.4 is 15.5 Å². The number of aromatic nitrogens is 2. The Labute approximate surface area is 224 Å². The van der Waals surface area contributed by atoms with Gasteiger partial charge >= 0.3 is 0 Å². The van der Waals surface area contributed by atoms with Gasteiger partial charge in [0, 0.05) is 46.0 Å². The van der Waals surface area contributed by atoms with Gasteiger partial charge in [0.25, 0.3) is 0 Å². The summed E-state index contributed by atoms with van der Waals surface area (Å²) in [6.07, 6.45) is 1.81. The molecule has 0 bridgehead atoms. The molecule has 4 aromatic rings. The van der Waals surface area contributed by atoms with Gasteiger partial charge in [-0.2, -0.15) is 0 Å². The Morgan fingerprint density at radius 2 is 1.72 bits per heavy atom. The molecule has 0 aliphatic carbocycles. The Morgan fingerprint density at radius 3 is 2.36 bits per heavy atom. The second kappa shape index (κ2) is 9.87. The summed E-state index contributed by atoms with van der Waals surface area (Å²) >= 11 is 9.41. The van der Waals surface area contributed by atoms with Gasteiger partial charge in [-0.3, -0.25) is 9.78 Å². The van der Waals surface area contributed by atoms with Crippen LogP contribution in [-0.4, -0.2) is 20.6 Å². The van der Waals surface area contributed by atoms with E-state index in [1.807, 2.05) is 48.7 Å². The predicted molar refractivity (Wildman–Crippen MR) is 152 cm³/mol. The Hall–Kier alpha value is -3.49. The SMILES string of the molecule is CC(=O)Nc1ccc(N2C(=S)N[C@@H](c3ccccn3)[C@H]2c2cc(C)n(-c3ccc(Br)cc3)c2C)cc1. The molecule has 2 aromatic heterocycles. The molecule has 3 heterocycles. The molecule has 2 N–H and O–H groups in total. The third-order valence-corrected chi connectivity index (χ3v) is 7.28. The first-order chi connectivity index (χ1) is 17.3. The third kappa shape index (κ3) is 4.54. The molecule has 1 amide bonds. The van der Waals surface area contributed by atoms with Gasteiger partial charge in [-0.05, 0) is 98.4 Å². The fraction of sp³-hybridized carbons (Fsp3) is 0.179. The highest BCUT2D eigenvalue weighted by molar-refractivity contribution is 9.10. The van der Waals surface area contributed by atoms with Crippen LogP contribution in [0, 0.1) is 13.8 Å². The van der Waals surface area contributed by atoms with Crippen LogP contribution in [-0.2, 0) is 4.79 Å². The van der Waals surface area contributed by atoms with Crippen molar-refractivity contribution in [1.82, 2.24) is 14.9 Å². The quantitative estimate of drug-likeness (QED) is 0.277. The average Bonchev–Trinajstić information content (AvgIpc) is 3.35. The van der Waals surface area contributed by atoms with E-state index in [0.29, 0.717) is 5.11 Å². The van der Waals surface area contributed by atoms with Crippen LogP contribution in [0.3, 0.4) is 0 Å². The van der Waals surface area contributed by atoms with Crippen LogP contribution in [0.15, 0.2) is 83.5 Å². The molecule has 8 heteroatoms. The van der Waals surface area contributed by atoms with Crippen molar-refractivity contribution in [2.24, 2.45) is 0 Å². The lowest BCUT2D eigenvalue weighted by Gasteiger charge is -2.28. The van der Waals surface area contributed by atoms with E-state index >= 15 is 0 Å². The van der Waals surface area contributed by atoms with Gasteiger partial charge in [0.1, 0.15) is 0 Å². The zero-order chi connectivity index (χ0) is 25.4. The summed E-state index contributed by atoms with van der Waals surface area (Å²) in [6, 6.07) is 24.1. The van der Waals surface area contributed by atoms with Crippen molar-refractivity contribution in [3.8, 4) is 5.69 Å². The molecule has 2 aromatic carbocycles. The van der Waals surface area contributed by atoms with E-state index in [4.69, 9.17) is 12.2 Å². The molecule has 182 valence electrons. The van der Waals surface area contributed by atoms with E-state index in [-0.39, 0.29) is 18.0 Å². The summed E-state index contributed by atoms with van der Waals surface area (Å²) in [5.41, 5.74) is 7.18. The number of amides is 1. The Balaban J connectivity index is 1.62. The molecule has 0 radical (unpaired) electrons. The number of nitrogens with one attached hydrogen (secondary N) is 2. The van der Waals surface area contributed by atoms with Gasteiger partial charge < -0.3 is 20.1 Å². The van der Waals surface area contributed by atoms with Gasteiger partial charge in [0.2, 0.25) is 5.91 Å². The van der Waals surface area contributed by atoms with E-state index in [1.54, 1.807) is 0 Å². The van der Waals surface area contributed by atoms with Crippen LogP contribution in [0.1, 0.15) is 41.7 Å². The fourth-order valence-corrected chi connectivity index (χ4v) is 5.54. The summed E-state index contributed by atoms with van der Waals surface area (Å²) in [5, 5.41) is 6.99. The van der Waals surface area contributed by atoms with Crippen molar-refractivity contribution < 1.29 is 4.79 Å². The predicted octanol–water partition coefficient (Wildman–Crippen LogP) is 6.39. The lowest BCUT2D eigenvalue weighted by molar-refractivity contribution is -0.114. The molecule has 1 saturated heterocycles. The molecule has 36 heavy (non-hydrogen) atoms. The van der Waals surface area contributed by atoms with Gasteiger partial charge in [0.15, 0.2) is 5.11 Å². The number of halogens is 1. The minimum absolute atomic E-state index is 0.102. The van der Waals surface area contributed by atoms with Crippen LogP contribution in [0.25, 0.3) is 5.69 Å². The summed E-state index contributed by atoms with van der Waals surface area (Å²) in [4.78, 5) is 18.3. The number of anilines is 2. The number of pyridine rings is 1. The number of benzene rings is 2. The lowest BCUT2D eigenvalue weighted by Crippen LogP contribution is -2.29. The summed E-state index contributed by atoms with van der Waals surface area (Å²) in [7, 11) is 0. The topological polar surface area (TPSA) is 62.2 Å². The zero-order valence-electron chi connectivity index (χ0n) is 20.2. The van der Waals surface area contributed by atoms with Gasteiger partial charge in [0.05, 0.1) is 17.8 Å². The minimum Gasteiger partial charge on any atom is -0.351 e. The number of carbonyl (C=O) groups excluding carboxylic acids is 1. The van der Waals surface area contributed by atoms with Crippen molar-refractivity contribution in [3.05, 3.63) is 106 Å². The molecule has 0 unspecified atom stereocenters. The van der Waals surface area contributed by atoms with Crippen LogP contribution in [0.4, 0.5) is 11.4 Å². The second-order valence-electron chi connectivity index (χ2n) is 8.86. The van der Waals surface area contributed by atoms with Crippen molar-refractivity contribution >= 4 is 50.5 Å². The van der Waals surface area contributed by atoms with Crippen molar-refractivity contribution in [2.45, 2.75) is 32.9 Å². The Bertz CT molecular complexity index is 1420. The summed E-state index contributed by atoms with van der Waals surface area (Å²) in [6.45, 7) is 5.78. The maximum atomic E-state index is 11.5. The maximum Gasteiger partial charge on any atom is 0.221 e. The third-order valence-electron chi connectivity index (χ3n) is 6.44. The maximum absolute atomic E-state index is 11.5. The molecular weight excluding hydrogens is 534 g/mol. The van der Waals surface area contributed by atoms with Gasteiger partial charge in [-0.25, -0.2) is 0 Å². The van der Waals surface area contributed by atoms with E-state index in [9.17, 15) is 4.79 Å². The van der Waals surface area contributed by atoms with E-state index in [2.05, 4.69) is 85.2 Å². The number of rotatable bonds is 5. The molecule has 1 aliphatic heterocycles. The van der Waals surface area contributed by atoms with E-state index < -0.39 is 0 Å². The van der Waals surface area contributed by atoms with Crippen molar-refractivity contribution in [2.75, 3.05) is 10.2 Å². The van der Waals surface area contributed by atoms with Gasteiger partial charge in [-0.1, -0.05) is 22.0 Å². The fourth-order valence-electron chi connectivity index (χ4n) is 4.93. The van der Waals surface area contributed by atoms with Crippen LogP contribution >= 0.6 is 28.1 Å². The van der Waals surface area contributed by atoms with Crippen molar-refractivity contribution in [3.63, 3.8) is 0 Å². The number of aryl methyl sites for hydroxylation is 1. The first kappa shape index (κ1) is 24.2. The zero-order valence-corrected chi connectivity index (χ0v) is 22.6. The molecule has 1 fully saturated rings. The number of hydrogen-bond donors (Lipinski definition) is 2. The molecule has 1 aliphatic rings. The highest BCUT2D eigenvalue weighted by atomic mass is 79.9. The summed E-state index contributed by atoms with van der Waals surface area (Å²) < 4.78 is 3.32. The molecular formula is C28H26BrN5OS. The molecule has 2 atom stereocenters. The largest absolute Gasteiger partial charge is 0.351 e. The van der Waals surface area contributed by atoms with E-state index in [1.165, 1.54) is 12.5 Å². The Kier molecular flexibility index (Phi) is 6.64. The van der Waals surface area contributed by atoms with Crippen molar-refractivity contribution in [1.29, 1.82) is 0 Å². The first-order valence-electron chi connectivity index (χ1n) is 11.7. The van der Waals surface area contributed by atoms with Crippen LogP contribution in [0.2, 0.25) is 0 Å². The monoisotopic (exact) mass is 559 g/mol. The molecule has 5 rings (SSSR count). The highest BCUT2D eigenvalue weighted by Crippen LogP contribution is 2.44. The minimum atomic E-state index is -0.132. The highest BCUT2D eigenvalue weighted by Gasteiger charge is 2.42. The molecule has 6 nitrogen and oxygen atoms in total. The smallest absolute Gasteiger partial charge is 0.221 e. The van der Waals surface area contributed by atoms with E-state index in [0.717, 1.165) is 38.6 Å². The van der Waals surface area contributed by atoms with Gasteiger partial charge in [-0.15, -0.1) is 0 Å². The lowest BCUT2D eigenvalue weighted by atomic mass is 9.96. The number of thiocarbonyl (C=S) groups is 1. The first-order valence-corrected chi connectivity index (χ1v) is 12.9. The number of nitrogens with zero attached hydrogens (tertiary/aromatic N) is 3.